The van der Waals surface area contributed by atoms with Crippen LogP contribution in [0.25, 0.3) is 0 Å². The summed E-state index contributed by atoms with van der Waals surface area (Å²) in [5.74, 6) is 2.19. The molecule has 0 bridgehead atoms. The number of nitrogens with one attached hydrogen (secondary N) is 2. The molecule has 2 N–H and O–H groups in total. The maximum atomic E-state index is 12.4. The number of hydrogen-bond donors (Lipinski definition) is 2. The number of thioether (sulfide) groups is 1. The van der Waals surface area contributed by atoms with Crippen molar-refractivity contribution in [2.45, 2.75) is 18.4 Å². The Bertz CT molecular complexity index is 908. The largest absolute Gasteiger partial charge is 0.355 e. The van der Waals surface area contributed by atoms with Crippen molar-refractivity contribution in [3.8, 4) is 0 Å². The number of rotatable bonds is 7. The highest BCUT2D eigenvalue weighted by Gasteiger charge is 2.23. The first kappa shape index (κ1) is 23.0. The van der Waals surface area contributed by atoms with Crippen LogP contribution in [0, 0.1) is 6.92 Å². The SMILES string of the molecule is CN=C(NCCS(=O)(=O)N1CCSCC1)NCc1ccc(S(C)(=O)=O)c(C)c1. The minimum atomic E-state index is -3.26. The second kappa shape index (κ2) is 9.95. The van der Waals surface area contributed by atoms with Crippen molar-refractivity contribution < 1.29 is 16.8 Å². The van der Waals surface area contributed by atoms with Crippen molar-refractivity contribution in [2.75, 3.05) is 50.2 Å². The molecule has 1 aromatic carbocycles. The van der Waals surface area contributed by atoms with Crippen LogP contribution < -0.4 is 10.6 Å². The third-order valence-corrected chi connectivity index (χ3v) is 8.41. The van der Waals surface area contributed by atoms with E-state index in [9.17, 15) is 16.8 Å². The van der Waals surface area contributed by atoms with Gasteiger partial charge in [-0.2, -0.15) is 11.8 Å². The molecule has 8 nitrogen and oxygen atoms in total. The lowest BCUT2D eigenvalue weighted by Gasteiger charge is -2.25. The van der Waals surface area contributed by atoms with Crippen LogP contribution in [-0.2, 0) is 26.4 Å². The number of hydrogen-bond acceptors (Lipinski definition) is 6. The summed E-state index contributed by atoms with van der Waals surface area (Å²) in [6, 6.07) is 5.17. The summed E-state index contributed by atoms with van der Waals surface area (Å²) >= 11 is 1.77. The fourth-order valence-corrected chi connectivity index (χ4v) is 6.35. The average molecular weight is 449 g/mol. The number of nitrogens with zero attached hydrogens (tertiary/aromatic N) is 2. The summed E-state index contributed by atoms with van der Waals surface area (Å²) in [4.78, 5) is 4.42. The zero-order chi connectivity index (χ0) is 20.8. The van der Waals surface area contributed by atoms with E-state index in [0.717, 1.165) is 17.1 Å². The number of sulfonamides is 1. The zero-order valence-electron chi connectivity index (χ0n) is 16.4. The Morgan fingerprint density at radius 2 is 1.86 bits per heavy atom. The fraction of sp³-hybridized carbons (Fsp3) is 0.588. The summed E-state index contributed by atoms with van der Waals surface area (Å²) in [7, 11) is -4.89. The number of guanidine groups is 1. The van der Waals surface area contributed by atoms with Gasteiger partial charge in [0, 0.05) is 51.0 Å². The van der Waals surface area contributed by atoms with Crippen LogP contribution in [0.4, 0.5) is 0 Å². The van der Waals surface area contributed by atoms with Gasteiger partial charge in [0.2, 0.25) is 10.0 Å². The van der Waals surface area contributed by atoms with Crippen LogP contribution in [0.5, 0.6) is 0 Å². The van der Waals surface area contributed by atoms with E-state index >= 15 is 0 Å². The lowest BCUT2D eigenvalue weighted by Crippen LogP contribution is -2.44. The molecule has 1 saturated heterocycles. The molecule has 1 aliphatic rings. The topological polar surface area (TPSA) is 108 Å². The van der Waals surface area contributed by atoms with E-state index in [2.05, 4.69) is 15.6 Å². The Morgan fingerprint density at radius 1 is 1.18 bits per heavy atom. The highest BCUT2D eigenvalue weighted by Crippen LogP contribution is 2.16. The molecule has 158 valence electrons. The first-order chi connectivity index (χ1) is 13.1. The van der Waals surface area contributed by atoms with Crippen molar-refractivity contribution in [1.82, 2.24) is 14.9 Å². The van der Waals surface area contributed by atoms with E-state index in [1.165, 1.54) is 6.26 Å². The number of sulfone groups is 1. The standard InChI is InChI=1S/C17H28N4O4S3/c1-14-12-15(4-5-16(14)27(3,22)23)13-20-17(18-2)19-6-11-28(24,25)21-7-9-26-10-8-21/h4-5,12H,6-11,13H2,1-3H3,(H2,18,19,20). The molecule has 0 amide bonds. The predicted molar refractivity (Wildman–Crippen MR) is 115 cm³/mol. The van der Waals surface area contributed by atoms with Crippen molar-refractivity contribution in [3.05, 3.63) is 29.3 Å². The minimum absolute atomic E-state index is 0.0144. The van der Waals surface area contributed by atoms with Crippen molar-refractivity contribution in [2.24, 2.45) is 4.99 Å². The summed E-state index contributed by atoms with van der Waals surface area (Å²) in [6.45, 7) is 3.61. The van der Waals surface area contributed by atoms with Gasteiger partial charge in [-0.05, 0) is 24.1 Å². The van der Waals surface area contributed by atoms with E-state index in [0.29, 0.717) is 36.1 Å². The summed E-state index contributed by atoms with van der Waals surface area (Å²) in [5, 5.41) is 6.13. The molecule has 1 heterocycles. The third-order valence-electron chi connectivity index (χ3n) is 4.34. The number of aliphatic imine (C=N–C) groups is 1. The summed E-state index contributed by atoms with van der Waals surface area (Å²) < 4.78 is 49.6. The second-order valence-corrected chi connectivity index (χ2v) is 11.8. The van der Waals surface area contributed by atoms with Crippen LogP contribution >= 0.6 is 11.8 Å². The van der Waals surface area contributed by atoms with E-state index < -0.39 is 19.9 Å². The molecule has 11 heteroatoms. The maximum Gasteiger partial charge on any atom is 0.215 e. The highest BCUT2D eigenvalue weighted by molar-refractivity contribution is 7.99. The number of benzene rings is 1. The first-order valence-corrected chi connectivity index (χ1v) is 13.6. The third kappa shape index (κ3) is 6.64. The van der Waals surface area contributed by atoms with Gasteiger partial charge >= 0.3 is 0 Å². The van der Waals surface area contributed by atoms with Crippen molar-refractivity contribution in [1.29, 1.82) is 0 Å². The molecule has 2 rings (SSSR count). The monoisotopic (exact) mass is 448 g/mol. The van der Waals surface area contributed by atoms with Gasteiger partial charge in [-0.3, -0.25) is 4.99 Å². The molecule has 0 atom stereocenters. The lowest BCUT2D eigenvalue weighted by atomic mass is 10.1. The van der Waals surface area contributed by atoms with Gasteiger partial charge in [-0.25, -0.2) is 21.1 Å². The van der Waals surface area contributed by atoms with Crippen LogP contribution in [0.3, 0.4) is 0 Å². The van der Waals surface area contributed by atoms with E-state index in [1.54, 1.807) is 42.2 Å². The normalized spacial score (nSPS) is 16.8. The minimum Gasteiger partial charge on any atom is -0.355 e. The molecular weight excluding hydrogens is 420 g/mol. The maximum absolute atomic E-state index is 12.4. The van der Waals surface area contributed by atoms with Gasteiger partial charge in [0.1, 0.15) is 0 Å². The molecule has 0 aromatic heterocycles. The second-order valence-electron chi connectivity index (χ2n) is 6.55. The van der Waals surface area contributed by atoms with E-state index in [1.807, 2.05) is 6.07 Å². The van der Waals surface area contributed by atoms with Crippen molar-refractivity contribution >= 4 is 37.6 Å². The molecule has 1 aliphatic heterocycles. The van der Waals surface area contributed by atoms with Gasteiger partial charge in [0.15, 0.2) is 15.8 Å². The molecule has 0 unspecified atom stereocenters. The van der Waals surface area contributed by atoms with Gasteiger partial charge < -0.3 is 10.6 Å². The molecule has 0 aliphatic carbocycles. The summed E-state index contributed by atoms with van der Waals surface area (Å²) in [5.41, 5.74) is 1.60. The number of aryl methyl sites for hydroxylation is 1. The van der Waals surface area contributed by atoms with Gasteiger partial charge in [-0.1, -0.05) is 12.1 Å². The Morgan fingerprint density at radius 3 is 2.43 bits per heavy atom. The van der Waals surface area contributed by atoms with E-state index in [4.69, 9.17) is 0 Å². The molecule has 1 aromatic rings. The van der Waals surface area contributed by atoms with Crippen LogP contribution in [0.2, 0.25) is 0 Å². The van der Waals surface area contributed by atoms with Crippen LogP contribution in [0.1, 0.15) is 11.1 Å². The quantitative estimate of drug-likeness (QED) is 0.460. The Labute approximate surface area is 172 Å². The molecular formula is C17H28N4O4S3. The highest BCUT2D eigenvalue weighted by atomic mass is 32.2. The van der Waals surface area contributed by atoms with Gasteiger partial charge in [-0.15, -0.1) is 0 Å². The van der Waals surface area contributed by atoms with Crippen molar-refractivity contribution in [3.63, 3.8) is 0 Å². The van der Waals surface area contributed by atoms with Gasteiger partial charge in [0.05, 0.1) is 10.6 Å². The average Bonchev–Trinajstić information content (AvgIpc) is 2.64. The molecule has 0 saturated carbocycles. The molecule has 0 spiro atoms. The predicted octanol–water partition coefficient (Wildman–Crippen LogP) is 0.442. The Kier molecular flexibility index (Phi) is 8.17. The van der Waals surface area contributed by atoms with Crippen LogP contribution in [-0.4, -0.2) is 77.3 Å². The lowest BCUT2D eigenvalue weighted by molar-refractivity contribution is 0.443. The Balaban J connectivity index is 1.85. The van der Waals surface area contributed by atoms with Crippen LogP contribution in [0.15, 0.2) is 28.1 Å². The van der Waals surface area contributed by atoms with Gasteiger partial charge in [0.25, 0.3) is 0 Å². The zero-order valence-corrected chi connectivity index (χ0v) is 18.9. The fourth-order valence-electron chi connectivity index (χ4n) is 2.90. The van der Waals surface area contributed by atoms with E-state index in [-0.39, 0.29) is 12.3 Å². The molecule has 1 fully saturated rings. The Hall–Kier alpha value is -1.30. The molecule has 0 radical (unpaired) electrons. The first-order valence-electron chi connectivity index (χ1n) is 8.93. The summed E-state index contributed by atoms with van der Waals surface area (Å²) in [6.07, 6.45) is 1.19. The molecule has 28 heavy (non-hydrogen) atoms. The smallest absolute Gasteiger partial charge is 0.215 e.